The number of amides is 1. The van der Waals surface area contributed by atoms with Crippen molar-refractivity contribution < 1.29 is 27.9 Å². The molecule has 0 bridgehead atoms. The van der Waals surface area contributed by atoms with Gasteiger partial charge in [-0.05, 0) is 49.2 Å². The summed E-state index contributed by atoms with van der Waals surface area (Å²) in [5, 5.41) is 19.0. The van der Waals surface area contributed by atoms with E-state index in [0.717, 1.165) is 15.4 Å². The number of ether oxygens (including phenoxy) is 1. The van der Waals surface area contributed by atoms with Crippen molar-refractivity contribution in [1.82, 2.24) is 4.31 Å². The van der Waals surface area contributed by atoms with E-state index in [1.807, 2.05) is 13.0 Å². The molecule has 1 aliphatic heterocycles. The summed E-state index contributed by atoms with van der Waals surface area (Å²) in [5.41, 5.74) is 2.26. The van der Waals surface area contributed by atoms with Gasteiger partial charge in [0, 0.05) is 25.2 Å². The van der Waals surface area contributed by atoms with Crippen molar-refractivity contribution in [2.45, 2.75) is 43.7 Å². The van der Waals surface area contributed by atoms with Crippen molar-refractivity contribution in [2.24, 2.45) is 0 Å². The first kappa shape index (κ1) is 25.4. The summed E-state index contributed by atoms with van der Waals surface area (Å²) in [5.74, 6) is -1.46. The molecule has 1 fully saturated rings. The minimum atomic E-state index is -4.07. The lowest BCUT2D eigenvalue weighted by atomic mass is 10.1. The highest BCUT2D eigenvalue weighted by Crippen LogP contribution is 2.28. The third-order valence-corrected chi connectivity index (χ3v) is 7.62. The Bertz CT molecular complexity index is 1190. The molecule has 34 heavy (non-hydrogen) atoms. The number of hydrogen-bond acceptors (Lipinski definition) is 7. The molecule has 180 valence electrons. The number of anilines is 1. The van der Waals surface area contributed by atoms with Gasteiger partial charge in [0.05, 0.1) is 23.5 Å². The fraction of sp³-hybridized carbons (Fsp3) is 0.375. The van der Waals surface area contributed by atoms with E-state index < -0.39 is 40.7 Å². The normalized spacial score (nSPS) is 18.3. The van der Waals surface area contributed by atoms with Crippen LogP contribution in [0.1, 0.15) is 24.0 Å². The molecule has 1 saturated heterocycles. The minimum absolute atomic E-state index is 0.0188. The molecule has 1 N–H and O–H groups in total. The third kappa shape index (κ3) is 5.62. The highest BCUT2D eigenvalue weighted by Gasteiger charge is 2.44. The van der Waals surface area contributed by atoms with Gasteiger partial charge in [0.1, 0.15) is 6.04 Å². The van der Waals surface area contributed by atoms with Gasteiger partial charge in [-0.3, -0.25) is 9.59 Å². The summed E-state index contributed by atoms with van der Waals surface area (Å²) in [6.07, 6.45) is -1.08. The van der Waals surface area contributed by atoms with Crippen LogP contribution >= 0.6 is 0 Å². The summed E-state index contributed by atoms with van der Waals surface area (Å²) < 4.78 is 32.5. The zero-order chi connectivity index (χ0) is 24.9. The van der Waals surface area contributed by atoms with Gasteiger partial charge < -0.3 is 14.7 Å². The number of aliphatic hydroxyl groups excluding tert-OH is 1. The standard InChI is InChI=1S/C24H27N3O6S/c1-17-9-10-21(13-18(17)2)34(31,32)27-15-20(28)14-22(27)24(30)33-16-23(29)26(12-6-11-25)19-7-4-3-5-8-19/h3-5,7-10,13,20,22,28H,6,12,14-16H2,1-2H3. The highest BCUT2D eigenvalue weighted by atomic mass is 32.2. The van der Waals surface area contributed by atoms with Gasteiger partial charge in [0.25, 0.3) is 5.91 Å². The molecule has 3 rings (SSSR count). The number of aryl methyl sites for hydroxylation is 2. The van der Waals surface area contributed by atoms with Crippen LogP contribution in [0.15, 0.2) is 53.4 Å². The molecule has 0 radical (unpaired) electrons. The monoisotopic (exact) mass is 485 g/mol. The Morgan fingerprint density at radius 3 is 2.53 bits per heavy atom. The second kappa shape index (κ2) is 10.8. The van der Waals surface area contributed by atoms with Crippen LogP contribution in [0.2, 0.25) is 0 Å². The zero-order valence-corrected chi connectivity index (χ0v) is 19.9. The lowest BCUT2D eigenvalue weighted by Crippen LogP contribution is -2.43. The molecule has 2 aromatic rings. The largest absolute Gasteiger partial charge is 0.454 e. The number of carbonyl (C=O) groups is 2. The Kier molecular flexibility index (Phi) is 8.04. The number of hydrogen-bond donors (Lipinski definition) is 1. The smallest absolute Gasteiger partial charge is 0.325 e. The summed E-state index contributed by atoms with van der Waals surface area (Å²) in [4.78, 5) is 26.9. The fourth-order valence-electron chi connectivity index (χ4n) is 3.75. The molecule has 0 aromatic heterocycles. The van der Waals surface area contributed by atoms with Crippen molar-refractivity contribution in [1.29, 1.82) is 5.26 Å². The average Bonchev–Trinajstić information content (AvgIpc) is 3.22. The summed E-state index contributed by atoms with van der Waals surface area (Å²) >= 11 is 0. The van der Waals surface area contributed by atoms with Crippen molar-refractivity contribution in [3.05, 3.63) is 59.7 Å². The Hall–Kier alpha value is -3.26. The Labute approximate surface area is 199 Å². The number of nitrogens with zero attached hydrogens (tertiary/aromatic N) is 3. The number of esters is 1. The molecule has 1 aliphatic rings. The van der Waals surface area contributed by atoms with Crippen LogP contribution in [0.4, 0.5) is 5.69 Å². The topological polar surface area (TPSA) is 128 Å². The van der Waals surface area contributed by atoms with Crippen LogP contribution in [0.3, 0.4) is 0 Å². The Morgan fingerprint density at radius 1 is 1.18 bits per heavy atom. The molecular formula is C24H27N3O6S. The van der Waals surface area contributed by atoms with E-state index >= 15 is 0 Å². The van der Waals surface area contributed by atoms with E-state index in [4.69, 9.17) is 10.00 Å². The molecule has 10 heteroatoms. The second-order valence-corrected chi connectivity index (χ2v) is 10.0. The number of nitriles is 1. The van der Waals surface area contributed by atoms with Gasteiger partial charge in [-0.2, -0.15) is 9.57 Å². The maximum Gasteiger partial charge on any atom is 0.325 e. The molecule has 0 spiro atoms. The van der Waals surface area contributed by atoms with E-state index in [1.165, 1.54) is 17.0 Å². The number of aliphatic hydroxyl groups is 1. The number of para-hydroxylation sites is 1. The minimum Gasteiger partial charge on any atom is -0.454 e. The number of sulfonamides is 1. The van der Waals surface area contributed by atoms with E-state index in [1.54, 1.807) is 43.3 Å². The Balaban J connectivity index is 1.74. The van der Waals surface area contributed by atoms with Crippen LogP contribution in [0.5, 0.6) is 0 Å². The molecular weight excluding hydrogens is 458 g/mol. The predicted octanol–water partition coefficient (Wildman–Crippen LogP) is 1.92. The molecule has 1 heterocycles. The number of rotatable bonds is 8. The van der Waals surface area contributed by atoms with E-state index in [9.17, 15) is 23.1 Å². The SMILES string of the molecule is Cc1ccc(S(=O)(=O)N2CC(O)CC2C(=O)OCC(=O)N(CCC#N)c2ccccc2)cc1C. The van der Waals surface area contributed by atoms with Crippen molar-refractivity contribution in [3.63, 3.8) is 0 Å². The molecule has 0 saturated carbocycles. The highest BCUT2D eigenvalue weighted by molar-refractivity contribution is 7.89. The van der Waals surface area contributed by atoms with Crippen LogP contribution in [0, 0.1) is 25.2 Å². The zero-order valence-electron chi connectivity index (χ0n) is 19.0. The van der Waals surface area contributed by atoms with Gasteiger partial charge in [0.15, 0.2) is 6.61 Å². The van der Waals surface area contributed by atoms with Gasteiger partial charge >= 0.3 is 5.97 Å². The third-order valence-electron chi connectivity index (χ3n) is 5.74. The lowest BCUT2D eigenvalue weighted by molar-refractivity contribution is -0.151. The van der Waals surface area contributed by atoms with Gasteiger partial charge in [-0.25, -0.2) is 8.42 Å². The quantitative estimate of drug-likeness (QED) is 0.566. The van der Waals surface area contributed by atoms with Gasteiger partial charge in [-0.15, -0.1) is 0 Å². The van der Waals surface area contributed by atoms with Gasteiger partial charge in [-0.1, -0.05) is 24.3 Å². The molecule has 2 atom stereocenters. The van der Waals surface area contributed by atoms with Crippen LogP contribution in [0.25, 0.3) is 0 Å². The number of benzene rings is 2. The predicted molar refractivity (Wildman–Crippen MR) is 124 cm³/mol. The first-order valence-electron chi connectivity index (χ1n) is 10.8. The summed E-state index contributed by atoms with van der Waals surface area (Å²) in [6.45, 7) is 2.89. The second-order valence-electron chi connectivity index (χ2n) is 8.12. The molecule has 2 aromatic carbocycles. The molecule has 1 amide bonds. The van der Waals surface area contributed by atoms with Crippen molar-refractivity contribution >= 4 is 27.6 Å². The van der Waals surface area contributed by atoms with Crippen LogP contribution in [-0.2, 0) is 24.3 Å². The number of carbonyl (C=O) groups excluding carboxylic acids is 2. The maximum atomic E-state index is 13.2. The Morgan fingerprint density at radius 2 is 1.88 bits per heavy atom. The number of β-amino-alcohol motifs (C(OH)–C–C–N with tert-alkyl or cyclic N) is 1. The van der Waals surface area contributed by atoms with Crippen molar-refractivity contribution in [3.8, 4) is 6.07 Å². The maximum absolute atomic E-state index is 13.2. The molecule has 9 nitrogen and oxygen atoms in total. The average molecular weight is 486 g/mol. The van der Waals surface area contributed by atoms with Crippen LogP contribution in [-0.4, -0.2) is 61.5 Å². The van der Waals surface area contributed by atoms with E-state index in [0.29, 0.717) is 5.69 Å². The first-order chi connectivity index (χ1) is 16.1. The molecule has 0 aliphatic carbocycles. The fourth-order valence-corrected chi connectivity index (χ4v) is 5.46. The van der Waals surface area contributed by atoms with E-state index in [2.05, 4.69) is 0 Å². The molecule has 2 unspecified atom stereocenters. The first-order valence-corrected chi connectivity index (χ1v) is 12.3. The van der Waals surface area contributed by atoms with Crippen molar-refractivity contribution in [2.75, 3.05) is 24.6 Å². The van der Waals surface area contributed by atoms with Gasteiger partial charge in [0.2, 0.25) is 10.0 Å². The summed E-state index contributed by atoms with van der Waals surface area (Å²) in [7, 11) is -4.07. The van der Waals surface area contributed by atoms with Crippen LogP contribution < -0.4 is 4.90 Å². The lowest BCUT2D eigenvalue weighted by Gasteiger charge is -2.24. The van der Waals surface area contributed by atoms with E-state index in [-0.39, 0.29) is 30.8 Å². The summed E-state index contributed by atoms with van der Waals surface area (Å²) in [6, 6.07) is 14.0.